The second kappa shape index (κ2) is 8.90. The first kappa shape index (κ1) is 22.8. The molecule has 11 heteroatoms. The summed E-state index contributed by atoms with van der Waals surface area (Å²) >= 11 is 0. The molecule has 9 nitrogen and oxygen atoms in total. The molecule has 1 N–H and O–H groups in total. The molecule has 4 rings (SSSR count). The van der Waals surface area contributed by atoms with Crippen LogP contribution in [0.5, 0.6) is 5.75 Å². The number of amides is 1. The molecule has 1 fully saturated rings. The molecule has 3 heterocycles. The molecule has 34 heavy (non-hydrogen) atoms. The second-order valence-electron chi connectivity index (χ2n) is 7.89. The van der Waals surface area contributed by atoms with E-state index in [4.69, 9.17) is 5.26 Å². The number of halogens is 2. The standard InChI is InChI=1S/C23H20F2N6O3/c1-13-12-30(18(33)7-4-8-26)9-10-31(13)22-14-11-16(25)20(19-15(24)5-3-6-17(19)32)27-21(14)29(2)23(34)28-22/h3-7,11,13,32H,9-10,12H2,1-2H3/b7-4+/t13-/m0/s1. The van der Waals surface area contributed by atoms with Crippen molar-refractivity contribution < 1.29 is 18.7 Å². The number of phenolic OH excluding ortho intramolecular Hbond substituents is 1. The average Bonchev–Trinajstić information content (AvgIpc) is 2.80. The Morgan fingerprint density at radius 1 is 1.26 bits per heavy atom. The van der Waals surface area contributed by atoms with E-state index in [0.29, 0.717) is 19.6 Å². The van der Waals surface area contributed by atoms with Crippen molar-refractivity contribution >= 4 is 22.8 Å². The van der Waals surface area contributed by atoms with Gasteiger partial charge < -0.3 is 14.9 Å². The molecule has 0 spiro atoms. The Kier molecular flexibility index (Phi) is 5.98. The third-order valence-corrected chi connectivity index (χ3v) is 5.74. The normalized spacial score (nSPS) is 16.3. The molecule has 0 radical (unpaired) electrons. The largest absolute Gasteiger partial charge is 0.507 e. The number of carbonyl (C=O) groups is 1. The molecular weight excluding hydrogens is 446 g/mol. The smallest absolute Gasteiger partial charge is 0.350 e. The zero-order valence-corrected chi connectivity index (χ0v) is 18.4. The van der Waals surface area contributed by atoms with Crippen LogP contribution < -0.4 is 10.6 Å². The van der Waals surface area contributed by atoms with Gasteiger partial charge in [-0.1, -0.05) is 6.07 Å². The van der Waals surface area contributed by atoms with Crippen LogP contribution in [0, 0.1) is 23.0 Å². The second-order valence-corrected chi connectivity index (χ2v) is 7.89. The highest BCUT2D eigenvalue weighted by Gasteiger charge is 2.29. The van der Waals surface area contributed by atoms with E-state index in [0.717, 1.165) is 22.8 Å². The number of aryl methyl sites for hydroxylation is 1. The van der Waals surface area contributed by atoms with Crippen molar-refractivity contribution in [1.29, 1.82) is 5.26 Å². The zero-order chi connectivity index (χ0) is 24.6. The van der Waals surface area contributed by atoms with Gasteiger partial charge in [0.1, 0.15) is 28.7 Å². The monoisotopic (exact) mass is 466 g/mol. The molecule has 0 bridgehead atoms. The molecule has 3 aromatic rings. The first-order valence-corrected chi connectivity index (χ1v) is 10.4. The molecule has 0 unspecified atom stereocenters. The van der Waals surface area contributed by atoms with Gasteiger partial charge in [-0.3, -0.25) is 9.36 Å². The summed E-state index contributed by atoms with van der Waals surface area (Å²) in [6, 6.07) is 6.19. The highest BCUT2D eigenvalue weighted by atomic mass is 19.1. The van der Waals surface area contributed by atoms with E-state index >= 15 is 4.39 Å². The number of hydrogen-bond acceptors (Lipinski definition) is 7. The Hall–Kier alpha value is -4.33. The van der Waals surface area contributed by atoms with E-state index in [1.165, 1.54) is 25.3 Å². The fourth-order valence-electron chi connectivity index (χ4n) is 4.04. The highest BCUT2D eigenvalue weighted by Crippen LogP contribution is 2.35. The van der Waals surface area contributed by atoms with Gasteiger partial charge in [-0.25, -0.2) is 18.6 Å². The third-order valence-electron chi connectivity index (χ3n) is 5.74. The van der Waals surface area contributed by atoms with Crippen LogP contribution in [-0.4, -0.2) is 56.1 Å². The number of fused-ring (bicyclic) bond motifs is 1. The summed E-state index contributed by atoms with van der Waals surface area (Å²) in [4.78, 5) is 36.5. The molecule has 2 aromatic heterocycles. The molecule has 174 valence electrons. The number of rotatable bonds is 3. The minimum atomic E-state index is -0.891. The van der Waals surface area contributed by atoms with Gasteiger partial charge in [0.2, 0.25) is 5.91 Å². The Bertz CT molecular complexity index is 1410. The topological polar surface area (TPSA) is 115 Å². The van der Waals surface area contributed by atoms with Gasteiger partial charge in [-0.05, 0) is 25.1 Å². The van der Waals surface area contributed by atoms with E-state index < -0.39 is 34.3 Å². The lowest BCUT2D eigenvalue weighted by Gasteiger charge is -2.40. The number of phenols is 1. The molecule has 1 saturated heterocycles. The molecule has 1 aromatic carbocycles. The fraction of sp³-hybridized carbons (Fsp3) is 0.261. The van der Waals surface area contributed by atoms with E-state index in [-0.39, 0.29) is 28.8 Å². The maximum atomic E-state index is 15.2. The number of allylic oxidation sites excluding steroid dienone is 1. The molecule has 0 saturated carbocycles. The van der Waals surface area contributed by atoms with Gasteiger partial charge >= 0.3 is 5.69 Å². The van der Waals surface area contributed by atoms with Crippen LogP contribution in [0.4, 0.5) is 14.6 Å². The lowest BCUT2D eigenvalue weighted by molar-refractivity contribution is -0.126. The average molecular weight is 466 g/mol. The minimum Gasteiger partial charge on any atom is -0.507 e. The number of hydrogen-bond donors (Lipinski definition) is 1. The van der Waals surface area contributed by atoms with Crippen molar-refractivity contribution in [3.63, 3.8) is 0 Å². The maximum Gasteiger partial charge on any atom is 0.350 e. The van der Waals surface area contributed by atoms with Crippen molar-refractivity contribution in [2.45, 2.75) is 13.0 Å². The zero-order valence-electron chi connectivity index (χ0n) is 18.4. The molecular formula is C23H20F2N6O3. The van der Waals surface area contributed by atoms with Gasteiger partial charge in [0.15, 0.2) is 5.82 Å². The summed E-state index contributed by atoms with van der Waals surface area (Å²) in [5.41, 5.74) is -1.41. The lowest BCUT2D eigenvalue weighted by Crippen LogP contribution is -2.54. The number of benzene rings is 1. The summed E-state index contributed by atoms with van der Waals surface area (Å²) < 4.78 is 30.7. The van der Waals surface area contributed by atoms with Gasteiger partial charge in [-0.2, -0.15) is 10.2 Å². The van der Waals surface area contributed by atoms with E-state index in [9.17, 15) is 19.1 Å². The number of pyridine rings is 1. The Labute approximate surface area is 192 Å². The Morgan fingerprint density at radius 3 is 2.71 bits per heavy atom. The Morgan fingerprint density at radius 2 is 2.03 bits per heavy atom. The summed E-state index contributed by atoms with van der Waals surface area (Å²) in [5.74, 6) is -2.34. The molecule has 0 aliphatic carbocycles. The Balaban J connectivity index is 1.80. The first-order valence-electron chi connectivity index (χ1n) is 10.4. The highest BCUT2D eigenvalue weighted by molar-refractivity contribution is 5.91. The molecule has 1 aliphatic heterocycles. The van der Waals surface area contributed by atoms with Crippen molar-refractivity contribution in [1.82, 2.24) is 19.4 Å². The third kappa shape index (κ3) is 3.94. The van der Waals surface area contributed by atoms with E-state index in [1.54, 1.807) is 15.9 Å². The number of aromatic hydroxyl groups is 1. The van der Waals surface area contributed by atoms with Crippen LogP contribution in [0.25, 0.3) is 22.3 Å². The van der Waals surface area contributed by atoms with Crippen molar-refractivity contribution in [2.24, 2.45) is 7.05 Å². The summed E-state index contributed by atoms with van der Waals surface area (Å²) in [7, 11) is 1.42. The predicted octanol–water partition coefficient (Wildman–Crippen LogP) is 2.10. The molecule has 1 amide bonds. The first-order chi connectivity index (χ1) is 16.2. The van der Waals surface area contributed by atoms with Gasteiger partial charge in [0.05, 0.1) is 17.0 Å². The lowest BCUT2D eigenvalue weighted by atomic mass is 10.1. The number of anilines is 1. The van der Waals surface area contributed by atoms with E-state index in [1.807, 2.05) is 6.92 Å². The van der Waals surface area contributed by atoms with Crippen molar-refractivity contribution in [3.05, 3.63) is 58.5 Å². The van der Waals surface area contributed by atoms with Crippen LogP contribution >= 0.6 is 0 Å². The molecule has 1 aliphatic rings. The van der Waals surface area contributed by atoms with Crippen LogP contribution in [0.1, 0.15) is 6.92 Å². The van der Waals surface area contributed by atoms with Crippen LogP contribution in [0.15, 0.2) is 41.2 Å². The maximum absolute atomic E-state index is 15.2. The van der Waals surface area contributed by atoms with E-state index in [2.05, 4.69) is 9.97 Å². The van der Waals surface area contributed by atoms with Crippen molar-refractivity contribution in [3.8, 4) is 23.1 Å². The summed E-state index contributed by atoms with van der Waals surface area (Å²) in [6.07, 6.45) is 2.29. The quantitative estimate of drug-likeness (QED) is 0.464. The fourth-order valence-corrected chi connectivity index (χ4v) is 4.04. The van der Waals surface area contributed by atoms with Crippen LogP contribution in [0.3, 0.4) is 0 Å². The van der Waals surface area contributed by atoms with Crippen molar-refractivity contribution in [2.75, 3.05) is 24.5 Å². The number of nitriles is 1. The summed E-state index contributed by atoms with van der Waals surface area (Å²) in [5, 5.41) is 18.9. The molecule has 1 atom stereocenters. The van der Waals surface area contributed by atoms with Gasteiger partial charge in [0, 0.05) is 44.9 Å². The number of nitrogens with zero attached hydrogens (tertiary/aromatic N) is 6. The number of piperazine rings is 1. The minimum absolute atomic E-state index is 0.0664. The van der Waals surface area contributed by atoms with Crippen LogP contribution in [0.2, 0.25) is 0 Å². The predicted molar refractivity (Wildman–Crippen MR) is 120 cm³/mol. The SMILES string of the molecule is C[C@H]1CN(C(=O)/C=C/C#N)CCN1c1nc(=O)n(C)c2nc(-c3c(O)cccc3F)c(F)cc12. The number of carbonyl (C=O) groups excluding carboxylic acids is 1. The van der Waals surface area contributed by atoms with Gasteiger partial charge in [-0.15, -0.1) is 0 Å². The summed E-state index contributed by atoms with van der Waals surface area (Å²) in [6.45, 7) is 2.73. The van der Waals surface area contributed by atoms with Gasteiger partial charge in [0.25, 0.3) is 0 Å². The van der Waals surface area contributed by atoms with Crippen LogP contribution in [-0.2, 0) is 11.8 Å². The number of aromatic nitrogens is 3.